The Morgan fingerprint density at radius 2 is 2.00 bits per heavy atom. The van der Waals surface area contributed by atoms with Crippen molar-refractivity contribution in [2.45, 2.75) is 45.2 Å². The third-order valence-electron chi connectivity index (χ3n) is 4.31. The highest BCUT2D eigenvalue weighted by Gasteiger charge is 2.31. The lowest BCUT2D eigenvalue weighted by Gasteiger charge is -2.38. The Morgan fingerprint density at radius 1 is 1.33 bits per heavy atom. The van der Waals surface area contributed by atoms with Gasteiger partial charge in [-0.2, -0.15) is 0 Å². The molecule has 1 aliphatic heterocycles. The fourth-order valence-electron chi connectivity index (χ4n) is 3.19. The van der Waals surface area contributed by atoms with E-state index in [0.717, 1.165) is 22.9 Å². The third kappa shape index (κ3) is 2.51. The molecular formula is C16H19ClN2OS. The second-order valence-corrected chi connectivity index (χ2v) is 7.32. The molecule has 0 bridgehead atoms. The van der Waals surface area contributed by atoms with Gasteiger partial charge in [-0.1, -0.05) is 11.6 Å². The average molecular weight is 323 g/mol. The summed E-state index contributed by atoms with van der Waals surface area (Å²) in [4.78, 5) is 15.6. The van der Waals surface area contributed by atoms with Gasteiger partial charge in [-0.25, -0.2) is 0 Å². The van der Waals surface area contributed by atoms with Gasteiger partial charge in [0.15, 0.2) is 0 Å². The van der Waals surface area contributed by atoms with Gasteiger partial charge in [0.25, 0.3) is 5.91 Å². The van der Waals surface area contributed by atoms with Crippen molar-refractivity contribution in [2.75, 3.05) is 5.73 Å². The van der Waals surface area contributed by atoms with Crippen LogP contribution in [0.4, 0.5) is 5.69 Å². The fourth-order valence-corrected chi connectivity index (χ4v) is 4.53. The van der Waals surface area contributed by atoms with E-state index in [1.165, 1.54) is 17.8 Å². The zero-order valence-corrected chi connectivity index (χ0v) is 13.8. The normalized spacial score (nSPS) is 22.7. The van der Waals surface area contributed by atoms with Crippen molar-refractivity contribution in [3.63, 3.8) is 0 Å². The molecule has 0 radical (unpaired) electrons. The van der Waals surface area contributed by atoms with Gasteiger partial charge in [0, 0.05) is 27.2 Å². The Hall–Kier alpha value is -1.26. The maximum Gasteiger partial charge on any atom is 0.266 e. The van der Waals surface area contributed by atoms with Gasteiger partial charge in [0.2, 0.25) is 0 Å². The van der Waals surface area contributed by atoms with Crippen LogP contribution in [0.25, 0.3) is 10.1 Å². The predicted molar refractivity (Wildman–Crippen MR) is 90.2 cm³/mol. The van der Waals surface area contributed by atoms with E-state index >= 15 is 0 Å². The summed E-state index contributed by atoms with van der Waals surface area (Å²) < 4.78 is 0.973. The highest BCUT2D eigenvalue weighted by atomic mass is 35.5. The van der Waals surface area contributed by atoms with Crippen molar-refractivity contribution in [1.82, 2.24) is 4.90 Å². The first-order chi connectivity index (χ1) is 9.99. The molecule has 1 aromatic heterocycles. The first kappa shape index (κ1) is 14.7. The molecule has 112 valence electrons. The predicted octanol–water partition coefficient (Wildman–Crippen LogP) is 4.54. The van der Waals surface area contributed by atoms with Crippen molar-refractivity contribution in [3.8, 4) is 0 Å². The molecule has 2 N–H and O–H groups in total. The van der Waals surface area contributed by atoms with Crippen LogP contribution in [0.2, 0.25) is 5.02 Å². The number of nitrogens with zero attached hydrogens (tertiary/aromatic N) is 1. The number of nitrogen functional groups attached to an aromatic ring is 1. The highest BCUT2D eigenvalue weighted by Crippen LogP contribution is 2.37. The molecule has 0 saturated carbocycles. The first-order valence-electron chi connectivity index (χ1n) is 7.29. The molecule has 0 spiro atoms. The van der Waals surface area contributed by atoms with Gasteiger partial charge in [-0.15, -0.1) is 11.3 Å². The lowest BCUT2D eigenvalue weighted by molar-refractivity contribution is 0.0517. The molecule has 2 heterocycles. The number of nitrogens with two attached hydrogens (primary N) is 1. The number of carbonyl (C=O) groups excluding carboxylic acids is 1. The van der Waals surface area contributed by atoms with Crippen molar-refractivity contribution in [3.05, 3.63) is 28.1 Å². The van der Waals surface area contributed by atoms with E-state index in [1.807, 2.05) is 23.1 Å². The van der Waals surface area contributed by atoms with E-state index in [0.29, 0.717) is 15.6 Å². The number of hydrogen-bond donors (Lipinski definition) is 1. The van der Waals surface area contributed by atoms with Gasteiger partial charge in [-0.05, 0) is 51.3 Å². The minimum atomic E-state index is 0.0597. The Kier molecular flexibility index (Phi) is 3.84. The molecule has 1 aromatic carbocycles. The summed E-state index contributed by atoms with van der Waals surface area (Å²) in [5.74, 6) is 0.0597. The minimum absolute atomic E-state index is 0.0597. The molecule has 1 aliphatic rings. The fraction of sp³-hybridized carbons (Fsp3) is 0.438. The molecule has 0 aliphatic carbocycles. The van der Waals surface area contributed by atoms with E-state index in [9.17, 15) is 4.79 Å². The monoisotopic (exact) mass is 322 g/mol. The van der Waals surface area contributed by atoms with Crippen molar-refractivity contribution >= 4 is 44.6 Å². The van der Waals surface area contributed by atoms with Crippen LogP contribution < -0.4 is 5.73 Å². The zero-order valence-electron chi connectivity index (χ0n) is 12.2. The SMILES string of the molecule is CC1CCCC(C)N1C(=O)c1sc2cc(Cl)ccc2c1N. The topological polar surface area (TPSA) is 46.3 Å². The van der Waals surface area contributed by atoms with Crippen LogP contribution in [-0.4, -0.2) is 22.9 Å². The van der Waals surface area contributed by atoms with Gasteiger partial charge in [-0.3, -0.25) is 4.79 Å². The summed E-state index contributed by atoms with van der Waals surface area (Å²) in [6, 6.07) is 6.12. The van der Waals surface area contributed by atoms with E-state index in [-0.39, 0.29) is 18.0 Å². The molecule has 1 amide bonds. The van der Waals surface area contributed by atoms with Crippen LogP contribution in [0, 0.1) is 0 Å². The quantitative estimate of drug-likeness (QED) is 0.837. The second-order valence-electron chi connectivity index (χ2n) is 5.83. The Bertz CT molecular complexity index is 687. The summed E-state index contributed by atoms with van der Waals surface area (Å²) >= 11 is 7.47. The maximum atomic E-state index is 12.9. The van der Waals surface area contributed by atoms with Crippen LogP contribution in [0.5, 0.6) is 0 Å². The largest absolute Gasteiger partial charge is 0.397 e. The van der Waals surface area contributed by atoms with Gasteiger partial charge < -0.3 is 10.6 Å². The van der Waals surface area contributed by atoms with Crippen LogP contribution in [-0.2, 0) is 0 Å². The number of hydrogen-bond acceptors (Lipinski definition) is 3. The van der Waals surface area contributed by atoms with Crippen LogP contribution in [0.3, 0.4) is 0 Å². The molecule has 1 saturated heterocycles. The number of benzene rings is 1. The maximum absolute atomic E-state index is 12.9. The second kappa shape index (κ2) is 5.50. The highest BCUT2D eigenvalue weighted by molar-refractivity contribution is 7.21. The molecular weight excluding hydrogens is 304 g/mol. The summed E-state index contributed by atoms with van der Waals surface area (Å²) in [6.45, 7) is 4.24. The third-order valence-corrected chi connectivity index (χ3v) is 5.70. The number of amides is 1. The number of fused-ring (bicyclic) bond motifs is 1. The molecule has 2 atom stereocenters. The van der Waals surface area contributed by atoms with Crippen molar-refractivity contribution in [1.29, 1.82) is 0 Å². The van der Waals surface area contributed by atoms with Gasteiger partial charge in [0.1, 0.15) is 4.88 Å². The minimum Gasteiger partial charge on any atom is -0.397 e. The number of piperidine rings is 1. The summed E-state index contributed by atoms with van der Waals surface area (Å²) in [5.41, 5.74) is 6.79. The van der Waals surface area contributed by atoms with E-state index in [2.05, 4.69) is 13.8 Å². The molecule has 5 heteroatoms. The number of halogens is 1. The lowest BCUT2D eigenvalue weighted by atomic mass is 9.97. The Labute approximate surface area is 133 Å². The van der Waals surface area contributed by atoms with Gasteiger partial charge >= 0.3 is 0 Å². The van der Waals surface area contributed by atoms with Crippen molar-refractivity contribution in [2.24, 2.45) is 0 Å². The zero-order chi connectivity index (χ0) is 15.1. The molecule has 3 nitrogen and oxygen atoms in total. The van der Waals surface area contributed by atoms with E-state index < -0.39 is 0 Å². The smallest absolute Gasteiger partial charge is 0.266 e. The van der Waals surface area contributed by atoms with Crippen LogP contribution >= 0.6 is 22.9 Å². The molecule has 2 aromatic rings. The van der Waals surface area contributed by atoms with E-state index in [4.69, 9.17) is 17.3 Å². The summed E-state index contributed by atoms with van der Waals surface area (Å²) in [5, 5.41) is 1.59. The number of likely N-dealkylation sites (tertiary alicyclic amines) is 1. The number of anilines is 1. The molecule has 2 unspecified atom stereocenters. The number of carbonyl (C=O) groups is 1. The van der Waals surface area contributed by atoms with E-state index in [1.54, 1.807) is 0 Å². The Balaban J connectivity index is 2.03. The standard InChI is InChI=1S/C16H19ClN2OS/c1-9-4-3-5-10(2)19(9)16(20)15-14(18)12-7-6-11(17)8-13(12)21-15/h6-10H,3-5,18H2,1-2H3. The number of thiophene rings is 1. The van der Waals surface area contributed by atoms with Gasteiger partial charge in [0.05, 0.1) is 5.69 Å². The Morgan fingerprint density at radius 3 is 2.67 bits per heavy atom. The summed E-state index contributed by atoms with van der Waals surface area (Å²) in [6.07, 6.45) is 3.31. The summed E-state index contributed by atoms with van der Waals surface area (Å²) in [7, 11) is 0. The lowest BCUT2D eigenvalue weighted by Crippen LogP contribution is -2.47. The number of rotatable bonds is 1. The van der Waals surface area contributed by atoms with Crippen LogP contribution in [0.1, 0.15) is 42.8 Å². The van der Waals surface area contributed by atoms with Crippen molar-refractivity contribution < 1.29 is 4.79 Å². The first-order valence-corrected chi connectivity index (χ1v) is 8.48. The average Bonchev–Trinajstić information content (AvgIpc) is 2.75. The molecule has 3 rings (SSSR count). The molecule has 21 heavy (non-hydrogen) atoms. The van der Waals surface area contributed by atoms with Crippen LogP contribution in [0.15, 0.2) is 18.2 Å². The molecule has 1 fully saturated rings.